The van der Waals surface area contributed by atoms with Crippen LogP contribution in [-0.4, -0.2) is 58.9 Å². The molecule has 2 aliphatic heterocycles. The lowest BCUT2D eigenvalue weighted by Gasteiger charge is -2.08. The SMILES string of the molecule is S=C1OC(COC/C=C/CC/C=C/COCC2CSC(=S)O2)CS1. The summed E-state index contributed by atoms with van der Waals surface area (Å²) in [6, 6.07) is 0. The van der Waals surface area contributed by atoms with Gasteiger partial charge in [0.2, 0.25) is 8.77 Å². The Hall–Kier alpha value is -0.120. The quantitative estimate of drug-likeness (QED) is 0.292. The van der Waals surface area contributed by atoms with Crippen LogP contribution in [0.15, 0.2) is 24.3 Å². The molecule has 2 heterocycles. The zero-order valence-electron chi connectivity index (χ0n) is 13.4. The minimum Gasteiger partial charge on any atom is -0.472 e. The standard InChI is InChI=1S/C16H22O4S4/c21-15-19-13(11-23-15)9-17-7-5-3-1-2-4-6-8-18-10-14-12-24-16(22)20-14/h3-6,13-14H,1-2,7-12H2/b5-3+,6-4+. The number of hydrogen-bond acceptors (Lipinski definition) is 8. The normalized spacial score (nSPS) is 24.2. The van der Waals surface area contributed by atoms with Crippen LogP contribution in [0.3, 0.4) is 0 Å². The van der Waals surface area contributed by atoms with Crippen LogP contribution in [0.5, 0.6) is 0 Å². The molecule has 2 saturated heterocycles. The molecule has 0 saturated carbocycles. The van der Waals surface area contributed by atoms with E-state index < -0.39 is 0 Å². The summed E-state index contributed by atoms with van der Waals surface area (Å²) >= 11 is 13.1. The number of allylic oxidation sites excluding steroid dienone is 2. The number of unbranched alkanes of at least 4 members (excludes halogenated alkanes) is 1. The third-order valence-corrected chi connectivity index (χ3v) is 5.81. The largest absolute Gasteiger partial charge is 0.472 e. The number of rotatable bonds is 11. The van der Waals surface area contributed by atoms with E-state index in [2.05, 4.69) is 12.2 Å². The second-order valence-electron chi connectivity index (χ2n) is 5.20. The fraction of sp³-hybridized carbons (Fsp3) is 0.625. The van der Waals surface area contributed by atoms with Crippen molar-refractivity contribution in [3.63, 3.8) is 0 Å². The van der Waals surface area contributed by atoms with Crippen LogP contribution in [0.25, 0.3) is 0 Å². The first-order valence-electron chi connectivity index (χ1n) is 7.86. The molecular weight excluding hydrogens is 384 g/mol. The second-order valence-corrected chi connectivity index (χ2v) is 8.44. The minimum atomic E-state index is 0.114. The molecule has 0 aromatic rings. The molecule has 2 unspecified atom stereocenters. The maximum Gasteiger partial charge on any atom is 0.220 e. The lowest BCUT2D eigenvalue weighted by molar-refractivity contribution is 0.0777. The van der Waals surface area contributed by atoms with Crippen molar-refractivity contribution in [3.05, 3.63) is 24.3 Å². The Labute approximate surface area is 162 Å². The second kappa shape index (κ2) is 12.3. The van der Waals surface area contributed by atoms with Gasteiger partial charge in [0.15, 0.2) is 0 Å². The lowest BCUT2D eigenvalue weighted by Crippen LogP contribution is -2.17. The zero-order chi connectivity index (χ0) is 17.0. The molecule has 0 N–H and O–H groups in total. The van der Waals surface area contributed by atoms with E-state index in [9.17, 15) is 0 Å². The van der Waals surface area contributed by atoms with E-state index in [4.69, 9.17) is 43.4 Å². The van der Waals surface area contributed by atoms with Crippen molar-refractivity contribution in [2.24, 2.45) is 0 Å². The van der Waals surface area contributed by atoms with Gasteiger partial charge in [-0.3, -0.25) is 0 Å². The molecule has 134 valence electrons. The summed E-state index contributed by atoms with van der Waals surface area (Å²) in [6.07, 6.45) is 10.6. The van der Waals surface area contributed by atoms with Gasteiger partial charge in [-0.05, 0) is 37.3 Å². The molecule has 2 fully saturated rings. The highest BCUT2D eigenvalue weighted by atomic mass is 32.2. The van der Waals surface area contributed by atoms with E-state index >= 15 is 0 Å². The van der Waals surface area contributed by atoms with Crippen LogP contribution in [-0.2, 0) is 18.9 Å². The highest BCUT2D eigenvalue weighted by Crippen LogP contribution is 2.20. The molecule has 8 heteroatoms. The van der Waals surface area contributed by atoms with Gasteiger partial charge in [-0.25, -0.2) is 0 Å². The van der Waals surface area contributed by atoms with Gasteiger partial charge in [0, 0.05) is 11.5 Å². The molecule has 2 aliphatic rings. The van der Waals surface area contributed by atoms with E-state index in [1.54, 1.807) is 23.5 Å². The van der Waals surface area contributed by atoms with Crippen LogP contribution >= 0.6 is 48.0 Å². The van der Waals surface area contributed by atoms with Gasteiger partial charge in [0.1, 0.15) is 12.2 Å². The van der Waals surface area contributed by atoms with Crippen LogP contribution in [0.4, 0.5) is 0 Å². The molecule has 0 amide bonds. The number of hydrogen-bond donors (Lipinski definition) is 0. The number of thiocarbonyl (C=S) groups is 2. The van der Waals surface area contributed by atoms with Gasteiger partial charge in [0.25, 0.3) is 0 Å². The summed E-state index contributed by atoms with van der Waals surface area (Å²) in [5, 5.41) is 0. The summed E-state index contributed by atoms with van der Waals surface area (Å²) in [5.41, 5.74) is 0. The first-order valence-corrected chi connectivity index (χ1v) is 10.6. The van der Waals surface area contributed by atoms with Crippen LogP contribution in [0, 0.1) is 0 Å². The molecule has 0 aromatic heterocycles. The zero-order valence-corrected chi connectivity index (χ0v) is 16.7. The van der Waals surface area contributed by atoms with Crippen LogP contribution < -0.4 is 0 Å². The molecule has 24 heavy (non-hydrogen) atoms. The van der Waals surface area contributed by atoms with Gasteiger partial charge >= 0.3 is 0 Å². The van der Waals surface area contributed by atoms with E-state index in [1.165, 1.54) is 0 Å². The summed E-state index contributed by atoms with van der Waals surface area (Å²) < 4.78 is 23.1. The highest BCUT2D eigenvalue weighted by Gasteiger charge is 2.21. The van der Waals surface area contributed by atoms with Crippen molar-refractivity contribution in [2.75, 3.05) is 37.9 Å². The van der Waals surface area contributed by atoms with Crippen LogP contribution in [0.1, 0.15) is 12.8 Å². The predicted molar refractivity (Wildman–Crippen MR) is 109 cm³/mol. The van der Waals surface area contributed by atoms with Crippen LogP contribution in [0.2, 0.25) is 0 Å². The molecule has 0 spiro atoms. The smallest absolute Gasteiger partial charge is 0.220 e. The number of thioether (sulfide) groups is 2. The molecule has 2 rings (SSSR count). The molecule has 0 radical (unpaired) electrons. The van der Waals surface area contributed by atoms with Crippen molar-refractivity contribution >= 4 is 56.7 Å². The molecular formula is C16H22O4S4. The summed E-state index contributed by atoms with van der Waals surface area (Å²) in [4.78, 5) is 0. The molecule has 0 aromatic carbocycles. The van der Waals surface area contributed by atoms with Crippen molar-refractivity contribution in [2.45, 2.75) is 25.0 Å². The van der Waals surface area contributed by atoms with Crippen molar-refractivity contribution in [1.29, 1.82) is 0 Å². The first-order chi connectivity index (χ1) is 11.7. The van der Waals surface area contributed by atoms with E-state index in [0.29, 0.717) is 35.2 Å². The predicted octanol–water partition coefficient (Wildman–Crippen LogP) is 3.75. The summed E-state index contributed by atoms with van der Waals surface area (Å²) in [6.45, 7) is 2.43. The molecule has 0 aliphatic carbocycles. The Morgan fingerprint density at radius 2 is 1.29 bits per heavy atom. The Kier molecular flexibility index (Phi) is 10.3. The Bertz CT molecular complexity index is 425. The average molecular weight is 407 g/mol. The maximum absolute atomic E-state index is 5.54. The summed E-state index contributed by atoms with van der Waals surface area (Å²) in [7, 11) is 0. The fourth-order valence-corrected chi connectivity index (χ4v) is 4.05. The Balaban J connectivity index is 1.36. The monoisotopic (exact) mass is 406 g/mol. The molecule has 4 nitrogen and oxygen atoms in total. The molecule has 2 atom stereocenters. The van der Waals surface area contributed by atoms with Gasteiger partial charge < -0.3 is 18.9 Å². The fourth-order valence-electron chi connectivity index (χ4n) is 1.99. The average Bonchev–Trinajstić information content (AvgIpc) is 3.17. The van der Waals surface area contributed by atoms with E-state index in [-0.39, 0.29) is 12.2 Å². The van der Waals surface area contributed by atoms with Gasteiger partial charge in [-0.1, -0.05) is 47.8 Å². The third kappa shape index (κ3) is 8.82. The third-order valence-electron chi connectivity index (χ3n) is 3.17. The van der Waals surface area contributed by atoms with Gasteiger partial charge in [-0.15, -0.1) is 0 Å². The topological polar surface area (TPSA) is 36.9 Å². The molecule has 0 bridgehead atoms. The lowest BCUT2D eigenvalue weighted by atomic mass is 10.2. The van der Waals surface area contributed by atoms with Crippen molar-refractivity contribution < 1.29 is 18.9 Å². The Morgan fingerprint density at radius 1 is 0.833 bits per heavy atom. The first kappa shape index (κ1) is 20.2. The van der Waals surface area contributed by atoms with E-state index in [0.717, 1.165) is 24.3 Å². The van der Waals surface area contributed by atoms with E-state index in [1.807, 2.05) is 12.2 Å². The van der Waals surface area contributed by atoms with Gasteiger partial charge in [-0.2, -0.15) is 0 Å². The summed E-state index contributed by atoms with van der Waals surface area (Å²) in [5.74, 6) is 1.79. The highest BCUT2D eigenvalue weighted by molar-refractivity contribution is 8.23. The van der Waals surface area contributed by atoms with Crippen molar-refractivity contribution in [3.8, 4) is 0 Å². The van der Waals surface area contributed by atoms with Gasteiger partial charge in [0.05, 0.1) is 26.4 Å². The Morgan fingerprint density at radius 3 is 1.67 bits per heavy atom. The minimum absolute atomic E-state index is 0.114. The van der Waals surface area contributed by atoms with Crippen molar-refractivity contribution in [1.82, 2.24) is 0 Å². The number of ether oxygens (including phenoxy) is 4. The maximum atomic E-state index is 5.54.